The first-order valence-electron chi connectivity index (χ1n) is 6.74. The maximum absolute atomic E-state index is 14.2. The van der Waals surface area contributed by atoms with Crippen LogP contribution in [0.2, 0.25) is 0 Å². The summed E-state index contributed by atoms with van der Waals surface area (Å²) in [7, 11) is 0. The number of nitrogens with one attached hydrogen (secondary N) is 1. The lowest BCUT2D eigenvalue weighted by Crippen LogP contribution is -2.51. The molecule has 1 saturated heterocycles. The molecule has 6 nitrogen and oxygen atoms in total. The van der Waals surface area contributed by atoms with Gasteiger partial charge in [-0.2, -0.15) is 0 Å². The molecule has 1 aromatic rings. The molecule has 23 heavy (non-hydrogen) atoms. The monoisotopic (exact) mass is 415 g/mol. The standard InChI is InChI=1S/C13H16BrF2N3O3.ClH/c14-10-2-1-9(7-11(10)19(21)22)12(13(15,16)8-20)18-5-3-17-4-6-18;/h1-2,7,12,17,20H,3-6,8H2;1H/t12-;/m1./s1. The first-order valence-corrected chi connectivity index (χ1v) is 7.53. The number of aliphatic hydroxyl groups excluding tert-OH is 1. The Morgan fingerprint density at radius 2 is 2.04 bits per heavy atom. The van der Waals surface area contributed by atoms with Crippen molar-refractivity contribution in [1.29, 1.82) is 0 Å². The van der Waals surface area contributed by atoms with Gasteiger partial charge in [0.25, 0.3) is 11.6 Å². The van der Waals surface area contributed by atoms with Crippen LogP contribution in [-0.4, -0.2) is 53.6 Å². The summed E-state index contributed by atoms with van der Waals surface area (Å²) in [6.45, 7) is 0.549. The fourth-order valence-electron chi connectivity index (χ4n) is 2.59. The van der Waals surface area contributed by atoms with E-state index in [9.17, 15) is 18.9 Å². The van der Waals surface area contributed by atoms with E-state index in [1.165, 1.54) is 12.1 Å². The van der Waals surface area contributed by atoms with Crippen molar-refractivity contribution in [3.63, 3.8) is 0 Å². The van der Waals surface area contributed by atoms with Crippen LogP contribution in [0.25, 0.3) is 0 Å². The Morgan fingerprint density at radius 1 is 1.43 bits per heavy atom. The van der Waals surface area contributed by atoms with Gasteiger partial charge >= 0.3 is 0 Å². The van der Waals surface area contributed by atoms with E-state index in [1.54, 1.807) is 4.90 Å². The van der Waals surface area contributed by atoms with Crippen LogP contribution in [0.3, 0.4) is 0 Å². The predicted octanol–water partition coefficient (Wildman–Crippen LogP) is 2.35. The van der Waals surface area contributed by atoms with Gasteiger partial charge in [-0.1, -0.05) is 6.07 Å². The molecule has 10 heteroatoms. The van der Waals surface area contributed by atoms with Crippen molar-refractivity contribution in [2.24, 2.45) is 0 Å². The Kier molecular flexibility index (Phi) is 7.28. The molecule has 0 aromatic heterocycles. The maximum Gasteiger partial charge on any atom is 0.289 e. The summed E-state index contributed by atoms with van der Waals surface area (Å²) in [5.41, 5.74) is -0.151. The Hall–Kier alpha value is -0.870. The van der Waals surface area contributed by atoms with Crippen LogP contribution < -0.4 is 5.32 Å². The Bertz CT molecular complexity index is 559. The van der Waals surface area contributed by atoms with Gasteiger partial charge < -0.3 is 10.4 Å². The van der Waals surface area contributed by atoms with Gasteiger partial charge in [0, 0.05) is 32.2 Å². The van der Waals surface area contributed by atoms with Gasteiger partial charge in [0.15, 0.2) is 0 Å². The summed E-state index contributed by atoms with van der Waals surface area (Å²) in [6, 6.07) is 2.55. The summed E-state index contributed by atoms with van der Waals surface area (Å²) in [6.07, 6.45) is 0. The SMILES string of the molecule is Cl.O=[N+]([O-])c1cc([C@@H](N2CCNCC2)C(F)(F)CO)ccc1Br. The predicted molar refractivity (Wildman–Crippen MR) is 87.3 cm³/mol. The average molecular weight is 417 g/mol. The lowest BCUT2D eigenvalue weighted by atomic mass is 9.97. The Morgan fingerprint density at radius 3 is 2.57 bits per heavy atom. The zero-order valence-electron chi connectivity index (χ0n) is 12.0. The van der Waals surface area contributed by atoms with Crippen LogP contribution in [-0.2, 0) is 0 Å². The Labute approximate surface area is 146 Å². The molecule has 1 fully saturated rings. The molecule has 0 saturated carbocycles. The summed E-state index contributed by atoms with van der Waals surface area (Å²) in [5, 5.41) is 23.1. The molecule has 1 heterocycles. The average Bonchev–Trinajstić information content (AvgIpc) is 2.50. The van der Waals surface area contributed by atoms with Crippen molar-refractivity contribution >= 4 is 34.0 Å². The van der Waals surface area contributed by atoms with Crippen LogP contribution in [0.15, 0.2) is 22.7 Å². The topological polar surface area (TPSA) is 78.6 Å². The van der Waals surface area contributed by atoms with Gasteiger partial charge in [-0.15, -0.1) is 12.4 Å². The van der Waals surface area contributed by atoms with Gasteiger partial charge in [-0.3, -0.25) is 15.0 Å². The Balaban J connectivity index is 0.00000264. The van der Waals surface area contributed by atoms with E-state index < -0.39 is 23.5 Å². The molecule has 0 aliphatic carbocycles. The van der Waals surface area contributed by atoms with Crippen molar-refractivity contribution < 1.29 is 18.8 Å². The number of halogens is 4. The van der Waals surface area contributed by atoms with Crippen LogP contribution >= 0.6 is 28.3 Å². The molecule has 2 rings (SSSR count). The first kappa shape index (κ1) is 20.2. The smallest absolute Gasteiger partial charge is 0.289 e. The third kappa shape index (κ3) is 4.57. The van der Waals surface area contributed by atoms with E-state index in [4.69, 9.17) is 5.11 Å². The van der Waals surface area contributed by atoms with E-state index in [2.05, 4.69) is 21.2 Å². The van der Waals surface area contributed by atoms with Gasteiger partial charge in [0.1, 0.15) is 12.6 Å². The number of nitro benzene ring substituents is 1. The summed E-state index contributed by atoms with van der Waals surface area (Å²) in [4.78, 5) is 11.9. The fraction of sp³-hybridized carbons (Fsp3) is 0.538. The highest BCUT2D eigenvalue weighted by molar-refractivity contribution is 9.10. The first-order chi connectivity index (χ1) is 10.4. The van der Waals surface area contributed by atoms with Gasteiger partial charge in [0.2, 0.25) is 0 Å². The number of piperazine rings is 1. The van der Waals surface area contributed by atoms with Gasteiger partial charge in [0.05, 0.1) is 9.40 Å². The van der Waals surface area contributed by atoms with E-state index >= 15 is 0 Å². The van der Waals surface area contributed by atoms with Crippen molar-refractivity contribution in [3.8, 4) is 0 Å². The van der Waals surface area contributed by atoms with Gasteiger partial charge in [-0.05, 0) is 27.6 Å². The molecule has 0 spiro atoms. The van der Waals surface area contributed by atoms with Crippen LogP contribution in [0.5, 0.6) is 0 Å². The third-order valence-electron chi connectivity index (χ3n) is 3.61. The molecular weight excluding hydrogens is 400 g/mol. The van der Waals surface area contributed by atoms with Gasteiger partial charge in [-0.25, -0.2) is 8.78 Å². The lowest BCUT2D eigenvalue weighted by molar-refractivity contribution is -0.385. The number of aliphatic hydroxyl groups is 1. The second-order valence-corrected chi connectivity index (χ2v) is 5.93. The molecule has 1 atom stereocenters. The molecule has 0 radical (unpaired) electrons. The minimum Gasteiger partial charge on any atom is -0.390 e. The number of hydrogen-bond donors (Lipinski definition) is 2. The second kappa shape index (κ2) is 8.29. The molecule has 1 aromatic carbocycles. The van der Waals surface area contributed by atoms with Crippen molar-refractivity contribution in [1.82, 2.24) is 10.2 Å². The van der Waals surface area contributed by atoms with Crippen molar-refractivity contribution in [3.05, 3.63) is 38.3 Å². The molecular formula is C13H17BrClF2N3O3. The summed E-state index contributed by atoms with van der Waals surface area (Å²) >= 11 is 3.04. The molecule has 0 unspecified atom stereocenters. The molecule has 0 bridgehead atoms. The normalized spacial score (nSPS) is 17.4. The summed E-state index contributed by atoms with van der Waals surface area (Å²) in [5.74, 6) is -3.39. The number of nitrogens with zero attached hydrogens (tertiary/aromatic N) is 2. The number of rotatable bonds is 5. The number of hydrogen-bond acceptors (Lipinski definition) is 5. The van der Waals surface area contributed by atoms with Crippen LogP contribution in [0, 0.1) is 10.1 Å². The summed E-state index contributed by atoms with van der Waals surface area (Å²) < 4.78 is 28.7. The molecule has 2 N–H and O–H groups in total. The zero-order valence-corrected chi connectivity index (χ0v) is 14.4. The largest absolute Gasteiger partial charge is 0.390 e. The van der Waals surface area contributed by atoms with E-state index in [-0.39, 0.29) is 28.1 Å². The molecule has 0 amide bonds. The zero-order chi connectivity index (χ0) is 16.3. The van der Waals surface area contributed by atoms with E-state index in [0.29, 0.717) is 26.2 Å². The van der Waals surface area contributed by atoms with Crippen LogP contribution in [0.4, 0.5) is 14.5 Å². The highest BCUT2D eigenvalue weighted by Gasteiger charge is 2.44. The number of nitro groups is 1. The van der Waals surface area contributed by atoms with E-state index in [1.807, 2.05) is 0 Å². The van der Waals surface area contributed by atoms with E-state index in [0.717, 1.165) is 6.07 Å². The molecule has 1 aliphatic rings. The van der Waals surface area contributed by atoms with Crippen molar-refractivity contribution in [2.75, 3.05) is 32.8 Å². The molecule has 130 valence electrons. The second-order valence-electron chi connectivity index (χ2n) is 5.08. The van der Waals surface area contributed by atoms with Crippen LogP contribution in [0.1, 0.15) is 11.6 Å². The quantitative estimate of drug-likeness (QED) is 0.569. The third-order valence-corrected chi connectivity index (χ3v) is 4.28. The highest BCUT2D eigenvalue weighted by atomic mass is 79.9. The highest BCUT2D eigenvalue weighted by Crippen LogP contribution is 2.39. The number of benzene rings is 1. The van der Waals surface area contributed by atoms with Crippen molar-refractivity contribution in [2.45, 2.75) is 12.0 Å². The molecule has 1 aliphatic heterocycles. The minimum atomic E-state index is -3.39. The fourth-order valence-corrected chi connectivity index (χ4v) is 2.98. The minimum absolute atomic E-state index is 0. The maximum atomic E-state index is 14.2. The lowest BCUT2D eigenvalue weighted by Gasteiger charge is -2.38. The number of alkyl halides is 2.